The van der Waals surface area contributed by atoms with E-state index in [0.29, 0.717) is 30.8 Å². The van der Waals surface area contributed by atoms with Crippen molar-refractivity contribution in [1.29, 1.82) is 0 Å². The van der Waals surface area contributed by atoms with Crippen LogP contribution in [0.4, 0.5) is 28.9 Å². The summed E-state index contributed by atoms with van der Waals surface area (Å²) >= 11 is 0. The molecule has 2 aromatic carbocycles. The largest absolute Gasteiger partial charge is 0.431 e. The zero-order chi connectivity index (χ0) is 27.2. The number of hydrogen-bond acceptors (Lipinski definition) is 6. The van der Waals surface area contributed by atoms with Crippen molar-refractivity contribution in [2.45, 2.75) is 52.9 Å². The Morgan fingerprint density at radius 2 is 1.57 bits per heavy atom. The second kappa shape index (κ2) is 11.9. The number of nitrogens with one attached hydrogen (secondary N) is 2. The van der Waals surface area contributed by atoms with E-state index in [0.717, 1.165) is 12.1 Å². The van der Waals surface area contributed by atoms with Gasteiger partial charge in [0.25, 0.3) is 0 Å². The second-order valence-corrected chi connectivity index (χ2v) is 9.30. The van der Waals surface area contributed by atoms with Gasteiger partial charge in [-0.2, -0.15) is 22.7 Å². The summed E-state index contributed by atoms with van der Waals surface area (Å²) in [7, 11) is 0. The van der Waals surface area contributed by atoms with Crippen molar-refractivity contribution in [3.63, 3.8) is 0 Å². The molecule has 37 heavy (non-hydrogen) atoms. The van der Waals surface area contributed by atoms with Gasteiger partial charge < -0.3 is 20.1 Å². The molecular formula is C25H28F4N4O4. The van der Waals surface area contributed by atoms with Gasteiger partial charge in [0.1, 0.15) is 6.04 Å². The monoisotopic (exact) mass is 524 g/mol. The number of hydrogen-bond donors (Lipinski definition) is 2. The van der Waals surface area contributed by atoms with E-state index in [2.05, 4.69) is 25.2 Å². The lowest BCUT2D eigenvalue weighted by Gasteiger charge is -2.21. The van der Waals surface area contributed by atoms with Crippen LogP contribution in [0.25, 0.3) is 0 Å². The van der Waals surface area contributed by atoms with Gasteiger partial charge >= 0.3 is 13.2 Å². The van der Waals surface area contributed by atoms with Crippen LogP contribution >= 0.6 is 0 Å². The zero-order valence-electron chi connectivity index (χ0n) is 20.5. The van der Waals surface area contributed by atoms with Gasteiger partial charge in [0.15, 0.2) is 11.5 Å². The van der Waals surface area contributed by atoms with Crippen LogP contribution in [0.5, 0.6) is 11.5 Å². The van der Waals surface area contributed by atoms with Crippen LogP contribution in [0.1, 0.15) is 39.2 Å². The van der Waals surface area contributed by atoms with Crippen LogP contribution in [0.3, 0.4) is 0 Å². The maximum absolute atomic E-state index is 12.9. The van der Waals surface area contributed by atoms with Gasteiger partial charge in [0, 0.05) is 23.3 Å². The number of carbonyl (C=O) groups is 2. The van der Waals surface area contributed by atoms with E-state index in [4.69, 9.17) is 0 Å². The molecule has 0 aliphatic carbocycles. The fourth-order valence-electron chi connectivity index (χ4n) is 3.46. The molecule has 1 heterocycles. The molecule has 0 saturated carbocycles. The average molecular weight is 525 g/mol. The van der Waals surface area contributed by atoms with Crippen LogP contribution in [0.15, 0.2) is 47.6 Å². The Labute approximate surface area is 211 Å². The average Bonchev–Trinajstić information content (AvgIpc) is 3.28. The van der Waals surface area contributed by atoms with Crippen molar-refractivity contribution in [1.82, 2.24) is 5.01 Å². The van der Waals surface area contributed by atoms with E-state index >= 15 is 0 Å². The van der Waals surface area contributed by atoms with Gasteiger partial charge in [-0.1, -0.05) is 20.8 Å². The maximum Gasteiger partial charge on any atom is 0.387 e. The van der Waals surface area contributed by atoms with Crippen molar-refractivity contribution < 1.29 is 36.6 Å². The van der Waals surface area contributed by atoms with Gasteiger partial charge in [-0.15, -0.1) is 0 Å². The van der Waals surface area contributed by atoms with Crippen LogP contribution in [0.2, 0.25) is 0 Å². The van der Waals surface area contributed by atoms with Crippen LogP contribution in [-0.4, -0.2) is 48.8 Å². The molecule has 2 aromatic rings. The molecule has 2 amide bonds. The summed E-state index contributed by atoms with van der Waals surface area (Å²) in [6.45, 7) is -0.539. The highest BCUT2D eigenvalue weighted by atomic mass is 19.3. The Morgan fingerprint density at radius 3 is 2.16 bits per heavy atom. The van der Waals surface area contributed by atoms with Crippen molar-refractivity contribution in [2.24, 2.45) is 10.5 Å². The highest BCUT2D eigenvalue weighted by Gasteiger charge is 2.30. The minimum absolute atomic E-state index is 0.132. The lowest BCUT2D eigenvalue weighted by Crippen LogP contribution is -2.36. The number of ether oxygens (including phenoxy) is 2. The number of hydrazone groups is 1. The van der Waals surface area contributed by atoms with Gasteiger partial charge in [0.05, 0.1) is 6.21 Å². The third-order valence-corrected chi connectivity index (χ3v) is 5.37. The van der Waals surface area contributed by atoms with E-state index in [9.17, 15) is 27.2 Å². The SMILES string of the molecule is CC(C)(C)C(=O)Nc1ccc(NC(=O)[C@@H]2CCCN2/N=C/c2ccc(OC(F)F)c(OC(F)F)c2)cc1. The molecule has 3 rings (SSSR count). The van der Waals surface area contributed by atoms with Gasteiger partial charge in [-0.3, -0.25) is 14.6 Å². The zero-order valence-corrected chi connectivity index (χ0v) is 20.5. The molecule has 0 aromatic heterocycles. The molecule has 8 nitrogen and oxygen atoms in total. The molecule has 0 spiro atoms. The first kappa shape index (κ1) is 27.8. The van der Waals surface area contributed by atoms with Gasteiger partial charge in [-0.05, 0) is 60.9 Å². The minimum Gasteiger partial charge on any atom is -0.431 e. The summed E-state index contributed by atoms with van der Waals surface area (Å²) in [5.74, 6) is -1.51. The van der Waals surface area contributed by atoms with E-state index in [-0.39, 0.29) is 17.4 Å². The van der Waals surface area contributed by atoms with Gasteiger partial charge in [0.2, 0.25) is 11.8 Å². The number of carbonyl (C=O) groups excluding carboxylic acids is 2. The summed E-state index contributed by atoms with van der Waals surface area (Å²) in [6, 6.07) is 9.67. The first-order valence-corrected chi connectivity index (χ1v) is 11.5. The normalized spacial score (nSPS) is 15.9. The van der Waals surface area contributed by atoms with E-state index < -0.39 is 36.2 Å². The molecule has 200 valence electrons. The molecule has 0 radical (unpaired) electrons. The molecule has 1 aliphatic rings. The molecule has 1 fully saturated rings. The number of benzene rings is 2. The summed E-state index contributed by atoms with van der Waals surface area (Å²) < 4.78 is 58.9. The molecule has 1 atom stereocenters. The topological polar surface area (TPSA) is 92.3 Å². The van der Waals surface area contributed by atoms with Gasteiger partial charge in [-0.25, -0.2) is 0 Å². The third kappa shape index (κ3) is 8.09. The van der Waals surface area contributed by atoms with Crippen LogP contribution < -0.4 is 20.1 Å². The van der Waals surface area contributed by atoms with E-state index in [1.165, 1.54) is 12.3 Å². The number of alkyl halides is 4. The summed E-state index contributed by atoms with van der Waals surface area (Å²) in [6.07, 6.45) is 2.57. The number of anilines is 2. The molecule has 1 aliphatic heterocycles. The molecule has 0 unspecified atom stereocenters. The highest BCUT2D eigenvalue weighted by Crippen LogP contribution is 2.31. The van der Waals surface area contributed by atoms with Crippen molar-refractivity contribution in [2.75, 3.05) is 17.2 Å². The predicted molar refractivity (Wildman–Crippen MR) is 130 cm³/mol. The fraction of sp³-hybridized carbons (Fsp3) is 0.400. The van der Waals surface area contributed by atoms with Crippen molar-refractivity contribution in [3.05, 3.63) is 48.0 Å². The molecule has 1 saturated heterocycles. The third-order valence-electron chi connectivity index (χ3n) is 5.37. The summed E-state index contributed by atoms with van der Waals surface area (Å²) in [4.78, 5) is 25.0. The number of nitrogens with zero attached hydrogens (tertiary/aromatic N) is 2. The quantitative estimate of drug-likeness (QED) is 0.343. The molecule has 2 N–H and O–H groups in total. The maximum atomic E-state index is 12.9. The Balaban J connectivity index is 1.64. The lowest BCUT2D eigenvalue weighted by atomic mass is 9.95. The molecule has 12 heteroatoms. The van der Waals surface area contributed by atoms with Crippen LogP contribution in [-0.2, 0) is 9.59 Å². The highest BCUT2D eigenvalue weighted by molar-refractivity contribution is 5.96. The Kier molecular flexibility index (Phi) is 8.95. The van der Waals surface area contributed by atoms with Crippen LogP contribution in [0, 0.1) is 5.41 Å². The predicted octanol–water partition coefficient (Wildman–Crippen LogP) is 5.31. The summed E-state index contributed by atoms with van der Waals surface area (Å²) in [5.41, 5.74) is 0.887. The van der Waals surface area contributed by atoms with Crippen molar-refractivity contribution >= 4 is 29.4 Å². The number of amides is 2. The van der Waals surface area contributed by atoms with E-state index in [1.807, 2.05) is 0 Å². The summed E-state index contributed by atoms with van der Waals surface area (Å²) in [5, 5.41) is 11.5. The number of halogens is 4. The fourth-order valence-corrected chi connectivity index (χ4v) is 3.46. The lowest BCUT2D eigenvalue weighted by molar-refractivity contribution is -0.123. The Hall–Kier alpha value is -3.83. The molecule has 0 bridgehead atoms. The van der Waals surface area contributed by atoms with Crippen molar-refractivity contribution in [3.8, 4) is 11.5 Å². The first-order valence-electron chi connectivity index (χ1n) is 11.5. The standard InChI is InChI=1S/C25H28F4N4O4/c1-25(2,3)22(35)32-17-9-7-16(8-10-17)31-21(34)18-5-4-12-33(18)30-14-15-6-11-19(36-23(26)27)20(13-15)37-24(28)29/h6-11,13-14,18,23-24H,4-5,12H2,1-3H3,(H,31,34)(H,32,35)/b30-14+/t18-/m0/s1. The Bertz CT molecular complexity index is 1120. The minimum atomic E-state index is -3.23. The van der Waals surface area contributed by atoms with E-state index in [1.54, 1.807) is 50.0 Å². The smallest absolute Gasteiger partial charge is 0.387 e. The first-order chi connectivity index (χ1) is 17.4. The number of rotatable bonds is 9. The Morgan fingerprint density at radius 1 is 0.973 bits per heavy atom. The molecular weight excluding hydrogens is 496 g/mol. The second-order valence-electron chi connectivity index (χ2n) is 9.30.